The number of rotatable bonds is 3. The smallest absolute Gasteiger partial charge is 0.230 e. The van der Waals surface area contributed by atoms with E-state index in [-0.39, 0.29) is 5.91 Å². The summed E-state index contributed by atoms with van der Waals surface area (Å²) in [5.41, 5.74) is 5.59. The van der Waals surface area contributed by atoms with Gasteiger partial charge in [-0.25, -0.2) is 4.98 Å². The second kappa shape index (κ2) is 6.54. The molecule has 1 N–H and O–H groups in total. The summed E-state index contributed by atoms with van der Waals surface area (Å²) < 4.78 is 1.08. The number of fused-ring (bicyclic) bond motifs is 3. The van der Waals surface area contributed by atoms with Crippen molar-refractivity contribution in [2.45, 2.75) is 27.2 Å². The highest BCUT2D eigenvalue weighted by Crippen LogP contribution is 2.31. The second-order valence-electron chi connectivity index (χ2n) is 6.75. The molecule has 0 saturated heterocycles. The van der Waals surface area contributed by atoms with Gasteiger partial charge in [-0.2, -0.15) is 0 Å². The number of carbonyl (C=O) groups excluding carboxylic acids is 1. The van der Waals surface area contributed by atoms with Crippen molar-refractivity contribution in [2.75, 3.05) is 5.32 Å². The maximum absolute atomic E-state index is 12.6. The largest absolute Gasteiger partial charge is 0.302 e. The van der Waals surface area contributed by atoms with E-state index in [9.17, 15) is 4.79 Å². The first-order valence-electron chi connectivity index (χ1n) is 8.66. The molecule has 0 radical (unpaired) electrons. The van der Waals surface area contributed by atoms with Crippen LogP contribution in [0.2, 0.25) is 0 Å². The van der Waals surface area contributed by atoms with Crippen molar-refractivity contribution in [3.05, 3.63) is 70.8 Å². The molecule has 26 heavy (non-hydrogen) atoms. The molecule has 1 amide bonds. The zero-order valence-electron chi connectivity index (χ0n) is 15.1. The van der Waals surface area contributed by atoms with Crippen LogP contribution in [-0.2, 0) is 11.2 Å². The van der Waals surface area contributed by atoms with Gasteiger partial charge in [0.25, 0.3) is 0 Å². The molecule has 0 saturated carbocycles. The van der Waals surface area contributed by atoms with Crippen molar-refractivity contribution >= 4 is 43.4 Å². The highest BCUT2D eigenvalue weighted by Gasteiger charge is 2.13. The zero-order chi connectivity index (χ0) is 18.3. The molecule has 3 nitrogen and oxygen atoms in total. The van der Waals surface area contributed by atoms with E-state index in [0.717, 1.165) is 37.7 Å². The van der Waals surface area contributed by atoms with Crippen LogP contribution >= 0.6 is 11.3 Å². The first-order valence-corrected chi connectivity index (χ1v) is 9.48. The topological polar surface area (TPSA) is 42.0 Å². The molecule has 0 atom stereocenters. The highest BCUT2D eigenvalue weighted by atomic mass is 32.1. The van der Waals surface area contributed by atoms with Crippen LogP contribution in [0.1, 0.15) is 22.3 Å². The Kier molecular flexibility index (Phi) is 4.21. The molecule has 1 heterocycles. The Morgan fingerprint density at radius 2 is 1.77 bits per heavy atom. The monoisotopic (exact) mass is 360 g/mol. The summed E-state index contributed by atoms with van der Waals surface area (Å²) in [5.74, 6) is -0.0246. The number of aromatic nitrogens is 1. The average Bonchev–Trinajstić information content (AvgIpc) is 3.01. The lowest BCUT2D eigenvalue weighted by atomic mass is 9.97. The molecular weight excluding hydrogens is 340 g/mol. The first kappa shape index (κ1) is 16.7. The molecule has 0 unspecified atom stereocenters. The summed E-state index contributed by atoms with van der Waals surface area (Å²) in [6.07, 6.45) is 0.370. The number of carbonyl (C=O) groups is 1. The van der Waals surface area contributed by atoms with E-state index in [1.165, 1.54) is 16.9 Å². The molecule has 3 aromatic carbocycles. The summed E-state index contributed by atoms with van der Waals surface area (Å²) in [5, 5.41) is 5.92. The van der Waals surface area contributed by atoms with Crippen molar-refractivity contribution in [3.63, 3.8) is 0 Å². The van der Waals surface area contributed by atoms with Crippen LogP contribution in [0, 0.1) is 20.8 Å². The van der Waals surface area contributed by atoms with Crippen molar-refractivity contribution in [1.29, 1.82) is 0 Å². The van der Waals surface area contributed by atoms with E-state index in [2.05, 4.69) is 67.5 Å². The number of hydrogen-bond acceptors (Lipinski definition) is 3. The molecule has 0 fully saturated rings. The molecule has 4 rings (SSSR count). The van der Waals surface area contributed by atoms with Gasteiger partial charge in [0.2, 0.25) is 5.91 Å². The van der Waals surface area contributed by atoms with Crippen LogP contribution in [-0.4, -0.2) is 10.9 Å². The van der Waals surface area contributed by atoms with E-state index in [0.29, 0.717) is 11.6 Å². The number of amides is 1. The van der Waals surface area contributed by atoms with Gasteiger partial charge in [0.1, 0.15) is 0 Å². The highest BCUT2D eigenvalue weighted by molar-refractivity contribution is 7.22. The molecule has 0 aliphatic rings. The molecule has 0 aliphatic carbocycles. The van der Waals surface area contributed by atoms with E-state index >= 15 is 0 Å². The van der Waals surface area contributed by atoms with Gasteiger partial charge >= 0.3 is 0 Å². The molecule has 1 aromatic heterocycles. The van der Waals surface area contributed by atoms with Crippen LogP contribution < -0.4 is 5.32 Å². The van der Waals surface area contributed by atoms with Gasteiger partial charge in [0.15, 0.2) is 5.13 Å². The minimum absolute atomic E-state index is 0.0246. The summed E-state index contributed by atoms with van der Waals surface area (Å²) in [4.78, 5) is 17.2. The van der Waals surface area contributed by atoms with E-state index < -0.39 is 0 Å². The van der Waals surface area contributed by atoms with Gasteiger partial charge in [0, 0.05) is 5.39 Å². The van der Waals surface area contributed by atoms with Gasteiger partial charge < -0.3 is 5.32 Å². The van der Waals surface area contributed by atoms with Crippen molar-refractivity contribution < 1.29 is 4.79 Å². The molecular formula is C22H20N2OS. The number of nitrogens with zero attached hydrogens (tertiary/aromatic N) is 1. The third-order valence-electron chi connectivity index (χ3n) is 4.71. The maximum Gasteiger partial charge on any atom is 0.230 e. The minimum atomic E-state index is -0.0246. The summed E-state index contributed by atoms with van der Waals surface area (Å²) in [6, 6.07) is 16.6. The van der Waals surface area contributed by atoms with Crippen LogP contribution in [0.5, 0.6) is 0 Å². The normalized spacial score (nSPS) is 11.2. The number of nitrogens with one attached hydrogen (secondary N) is 1. The lowest BCUT2D eigenvalue weighted by Crippen LogP contribution is -2.15. The fourth-order valence-electron chi connectivity index (χ4n) is 3.53. The Balaban J connectivity index is 1.61. The molecule has 0 aliphatic heterocycles. The quantitative estimate of drug-likeness (QED) is 0.520. The Hall–Kier alpha value is -2.72. The predicted octanol–water partition coefficient (Wildman–Crippen LogP) is 5.56. The minimum Gasteiger partial charge on any atom is -0.302 e. The Morgan fingerprint density at radius 1 is 1.04 bits per heavy atom. The lowest BCUT2D eigenvalue weighted by Gasteiger charge is -2.10. The Bertz CT molecular complexity index is 1120. The Labute approximate surface area is 156 Å². The van der Waals surface area contributed by atoms with Gasteiger partial charge in [-0.3, -0.25) is 4.79 Å². The number of aryl methyl sites for hydroxylation is 3. The van der Waals surface area contributed by atoms with Crippen LogP contribution in [0.3, 0.4) is 0 Å². The molecule has 0 bridgehead atoms. The average molecular weight is 360 g/mol. The van der Waals surface area contributed by atoms with Crippen molar-refractivity contribution in [3.8, 4) is 0 Å². The first-order chi connectivity index (χ1) is 12.5. The lowest BCUT2D eigenvalue weighted by molar-refractivity contribution is -0.115. The van der Waals surface area contributed by atoms with E-state index in [4.69, 9.17) is 0 Å². The van der Waals surface area contributed by atoms with Gasteiger partial charge in [0.05, 0.1) is 16.6 Å². The van der Waals surface area contributed by atoms with Gasteiger partial charge in [-0.05, 0) is 48.9 Å². The molecule has 130 valence electrons. The van der Waals surface area contributed by atoms with E-state index in [1.54, 1.807) is 0 Å². The third-order valence-corrected chi connectivity index (χ3v) is 5.64. The standard InChI is InChI=1S/C22H20N2OS/c1-13-10-14(2)18(15(3)11-13)12-20(25)23-22-24-21-17-7-5-4-6-16(17)8-9-19(21)26-22/h4-11H,12H2,1-3H3,(H,23,24,25). The number of hydrogen-bond donors (Lipinski definition) is 1. The number of thiazole rings is 1. The zero-order valence-corrected chi connectivity index (χ0v) is 15.9. The second-order valence-corrected chi connectivity index (χ2v) is 7.79. The molecule has 4 aromatic rings. The van der Waals surface area contributed by atoms with Gasteiger partial charge in [-0.15, -0.1) is 0 Å². The maximum atomic E-state index is 12.6. The predicted molar refractivity (Wildman–Crippen MR) is 110 cm³/mol. The van der Waals surface area contributed by atoms with Crippen LogP contribution in [0.15, 0.2) is 48.5 Å². The summed E-state index contributed by atoms with van der Waals surface area (Å²) in [6.45, 7) is 6.20. The fourth-order valence-corrected chi connectivity index (χ4v) is 4.43. The fraction of sp³-hybridized carbons (Fsp3) is 0.182. The number of anilines is 1. The SMILES string of the molecule is Cc1cc(C)c(CC(=O)Nc2nc3c(ccc4ccccc43)s2)c(C)c1. The van der Waals surface area contributed by atoms with Gasteiger partial charge in [-0.1, -0.05) is 59.4 Å². The molecule has 0 spiro atoms. The number of benzene rings is 3. The Morgan fingerprint density at radius 3 is 2.54 bits per heavy atom. The van der Waals surface area contributed by atoms with E-state index in [1.807, 2.05) is 12.1 Å². The van der Waals surface area contributed by atoms with Crippen molar-refractivity contribution in [2.24, 2.45) is 0 Å². The van der Waals surface area contributed by atoms with Crippen LogP contribution in [0.25, 0.3) is 21.0 Å². The summed E-state index contributed by atoms with van der Waals surface area (Å²) >= 11 is 1.52. The summed E-state index contributed by atoms with van der Waals surface area (Å²) in [7, 11) is 0. The van der Waals surface area contributed by atoms with Crippen molar-refractivity contribution in [1.82, 2.24) is 4.98 Å². The third kappa shape index (κ3) is 3.08. The van der Waals surface area contributed by atoms with Crippen LogP contribution in [0.4, 0.5) is 5.13 Å². The molecule has 4 heteroatoms.